The molecule has 0 amide bonds. The lowest BCUT2D eigenvalue weighted by atomic mass is 10.1. The third-order valence-electron chi connectivity index (χ3n) is 5.58. The van der Waals surface area contributed by atoms with Crippen molar-refractivity contribution in [2.45, 2.75) is 36.6 Å². The Hall–Kier alpha value is -3.21. The van der Waals surface area contributed by atoms with E-state index in [1.807, 2.05) is 4.57 Å². The topological polar surface area (TPSA) is 52.7 Å². The Kier molecular flexibility index (Phi) is 5.67. The minimum Gasteiger partial charge on any atom is -0.313 e. The molecule has 1 saturated carbocycles. The summed E-state index contributed by atoms with van der Waals surface area (Å²) in [4.78, 5) is 21.1. The highest BCUT2D eigenvalue weighted by Gasteiger charge is 2.31. The van der Waals surface area contributed by atoms with Crippen LogP contribution in [-0.2, 0) is 12.6 Å². The molecule has 34 heavy (non-hydrogen) atoms. The van der Waals surface area contributed by atoms with Crippen LogP contribution in [0, 0.1) is 11.6 Å². The summed E-state index contributed by atoms with van der Waals surface area (Å²) < 4.78 is 69.8. The van der Waals surface area contributed by atoms with Crippen LogP contribution in [0.5, 0.6) is 0 Å². The Labute approximate surface area is 194 Å². The van der Waals surface area contributed by atoms with E-state index in [2.05, 4.69) is 9.97 Å². The zero-order valence-electron chi connectivity index (χ0n) is 17.5. The zero-order valence-corrected chi connectivity index (χ0v) is 18.3. The van der Waals surface area contributed by atoms with E-state index in [-0.39, 0.29) is 29.3 Å². The maximum Gasteiger partial charge on any atom is 0.416 e. The highest BCUT2D eigenvalue weighted by atomic mass is 32.2. The summed E-state index contributed by atoms with van der Waals surface area (Å²) >= 11 is 1.16. The summed E-state index contributed by atoms with van der Waals surface area (Å²) in [5.74, 6) is -1.11. The Bertz CT molecular complexity index is 1420. The maximum absolute atomic E-state index is 14.2. The average molecular weight is 492 g/mol. The van der Waals surface area contributed by atoms with Gasteiger partial charge in [0.05, 0.1) is 11.9 Å². The molecule has 1 aliphatic rings. The molecule has 1 fully saturated rings. The van der Waals surface area contributed by atoms with Gasteiger partial charge in [0.25, 0.3) is 0 Å². The first kappa shape index (κ1) is 22.6. The van der Waals surface area contributed by atoms with Crippen molar-refractivity contribution >= 4 is 22.9 Å². The van der Waals surface area contributed by atoms with E-state index in [9.17, 15) is 26.7 Å². The maximum atomic E-state index is 14.2. The summed E-state index contributed by atoms with van der Waals surface area (Å²) in [6.07, 6.45) is -1.02. The number of hydrogen-bond donors (Lipinski definition) is 0. The van der Waals surface area contributed by atoms with Gasteiger partial charge >= 0.3 is 11.7 Å². The molecule has 5 nitrogen and oxygen atoms in total. The molecule has 0 N–H and O–H groups in total. The van der Waals surface area contributed by atoms with Gasteiger partial charge in [-0.2, -0.15) is 18.2 Å². The third kappa shape index (κ3) is 4.31. The molecule has 0 saturated heterocycles. The molecule has 4 aromatic rings. The van der Waals surface area contributed by atoms with E-state index in [4.69, 9.17) is 0 Å². The van der Waals surface area contributed by atoms with Crippen molar-refractivity contribution in [3.63, 3.8) is 0 Å². The van der Waals surface area contributed by atoms with E-state index < -0.39 is 28.9 Å². The Balaban J connectivity index is 1.50. The van der Waals surface area contributed by atoms with Crippen molar-refractivity contribution in [1.82, 2.24) is 19.1 Å². The van der Waals surface area contributed by atoms with Crippen molar-refractivity contribution in [3.8, 4) is 5.69 Å². The van der Waals surface area contributed by atoms with E-state index in [0.717, 1.165) is 36.7 Å². The molecule has 1 aliphatic carbocycles. The molecule has 176 valence electrons. The van der Waals surface area contributed by atoms with Crippen LogP contribution in [0.25, 0.3) is 16.9 Å². The number of fused-ring (bicyclic) bond motifs is 1. The first-order valence-electron chi connectivity index (χ1n) is 10.5. The van der Waals surface area contributed by atoms with Crippen LogP contribution in [0.15, 0.2) is 58.7 Å². The van der Waals surface area contributed by atoms with Crippen LogP contribution in [0.3, 0.4) is 0 Å². The molecule has 0 atom stereocenters. The van der Waals surface area contributed by atoms with Crippen LogP contribution in [-0.4, -0.2) is 24.9 Å². The van der Waals surface area contributed by atoms with Crippen molar-refractivity contribution in [1.29, 1.82) is 0 Å². The van der Waals surface area contributed by atoms with Crippen LogP contribution in [0.1, 0.15) is 30.0 Å². The molecule has 0 bridgehead atoms. The van der Waals surface area contributed by atoms with Crippen LogP contribution in [0.4, 0.5) is 22.0 Å². The van der Waals surface area contributed by atoms with Gasteiger partial charge in [-0.15, -0.1) is 0 Å². The first-order chi connectivity index (χ1) is 16.2. The fourth-order valence-corrected chi connectivity index (χ4v) is 4.70. The summed E-state index contributed by atoms with van der Waals surface area (Å²) in [7, 11) is 0. The largest absolute Gasteiger partial charge is 0.416 e. The Morgan fingerprint density at radius 1 is 1.06 bits per heavy atom. The SMILES string of the molecule is O=c1nc(SCCc2ccc(C(F)(F)F)cc2F)n(-c2ccc(F)cc2)c2c1ncn2C1CC1. The van der Waals surface area contributed by atoms with E-state index in [1.54, 1.807) is 23.0 Å². The molecule has 5 rings (SSSR count). The number of halogens is 5. The van der Waals surface area contributed by atoms with Crippen LogP contribution < -0.4 is 5.56 Å². The molecule has 2 heterocycles. The predicted octanol–water partition coefficient (Wildman–Crippen LogP) is 5.55. The number of aromatic nitrogens is 4. The predicted molar refractivity (Wildman–Crippen MR) is 117 cm³/mol. The van der Waals surface area contributed by atoms with Crippen molar-refractivity contribution in [3.05, 3.63) is 81.9 Å². The second kappa shape index (κ2) is 8.53. The van der Waals surface area contributed by atoms with Gasteiger partial charge in [0.1, 0.15) is 11.6 Å². The Morgan fingerprint density at radius 3 is 2.44 bits per heavy atom. The van der Waals surface area contributed by atoms with Gasteiger partial charge in [-0.1, -0.05) is 17.8 Å². The second-order valence-corrected chi connectivity index (χ2v) is 9.03. The highest BCUT2D eigenvalue weighted by molar-refractivity contribution is 7.99. The lowest BCUT2D eigenvalue weighted by Gasteiger charge is -2.16. The number of rotatable bonds is 6. The molecular formula is C23H17F5N4OS. The molecule has 11 heteroatoms. The zero-order chi connectivity index (χ0) is 24.0. The summed E-state index contributed by atoms with van der Waals surface area (Å²) in [6, 6.07) is 8.35. The molecule has 0 unspecified atom stereocenters. The van der Waals surface area contributed by atoms with E-state index in [0.29, 0.717) is 22.6 Å². The van der Waals surface area contributed by atoms with E-state index in [1.165, 1.54) is 12.1 Å². The number of thioether (sulfide) groups is 1. The lowest BCUT2D eigenvalue weighted by Crippen LogP contribution is -2.17. The number of hydrogen-bond acceptors (Lipinski definition) is 4. The normalized spacial score (nSPS) is 14.1. The Morgan fingerprint density at radius 2 is 1.79 bits per heavy atom. The standard InChI is InChI=1S/C23H17F5N4OS/c24-15-3-5-17(6-4-15)32-21-19(29-12-31(21)16-7-8-16)20(33)30-22(32)34-10-9-13-1-2-14(11-18(13)25)23(26,27)28/h1-6,11-12,16H,7-10H2. The van der Waals surface area contributed by atoms with Gasteiger partial charge < -0.3 is 4.57 Å². The number of imidazole rings is 1. The molecule has 2 aromatic heterocycles. The molecule has 2 aromatic carbocycles. The number of alkyl halides is 3. The lowest BCUT2D eigenvalue weighted by molar-refractivity contribution is -0.137. The van der Waals surface area contributed by atoms with Crippen LogP contribution in [0.2, 0.25) is 0 Å². The van der Waals surface area contributed by atoms with Crippen molar-refractivity contribution in [2.75, 3.05) is 5.75 Å². The minimum atomic E-state index is -4.62. The summed E-state index contributed by atoms with van der Waals surface area (Å²) in [5, 5.41) is 0.304. The molecule has 0 aliphatic heterocycles. The van der Waals surface area contributed by atoms with Gasteiger partial charge in [-0.25, -0.2) is 13.8 Å². The van der Waals surface area contributed by atoms with Gasteiger partial charge in [-0.05, 0) is 61.2 Å². The second-order valence-electron chi connectivity index (χ2n) is 7.97. The third-order valence-corrected chi connectivity index (χ3v) is 6.52. The van der Waals surface area contributed by atoms with Gasteiger partial charge in [0, 0.05) is 17.5 Å². The number of nitrogens with zero attached hydrogens (tertiary/aromatic N) is 4. The van der Waals surface area contributed by atoms with Crippen molar-refractivity contribution in [2.24, 2.45) is 0 Å². The van der Waals surface area contributed by atoms with Gasteiger partial charge in [-0.3, -0.25) is 9.36 Å². The smallest absolute Gasteiger partial charge is 0.313 e. The fraction of sp³-hybridized carbons (Fsp3) is 0.261. The minimum absolute atomic E-state index is 0.119. The quantitative estimate of drug-likeness (QED) is 0.201. The van der Waals surface area contributed by atoms with Crippen LogP contribution >= 0.6 is 11.8 Å². The monoisotopic (exact) mass is 492 g/mol. The molecule has 0 spiro atoms. The van der Waals surface area contributed by atoms with Gasteiger partial charge in [0.15, 0.2) is 16.3 Å². The molecule has 0 radical (unpaired) electrons. The van der Waals surface area contributed by atoms with E-state index >= 15 is 0 Å². The number of aryl methyl sites for hydroxylation is 1. The van der Waals surface area contributed by atoms with Gasteiger partial charge in [0.2, 0.25) is 0 Å². The number of benzene rings is 2. The average Bonchev–Trinajstić information content (AvgIpc) is 3.53. The summed E-state index contributed by atoms with van der Waals surface area (Å²) in [6.45, 7) is 0. The molecular weight excluding hydrogens is 475 g/mol. The fourth-order valence-electron chi connectivity index (χ4n) is 3.73. The summed E-state index contributed by atoms with van der Waals surface area (Å²) in [5.41, 5.74) is -0.139. The highest BCUT2D eigenvalue weighted by Crippen LogP contribution is 2.38. The first-order valence-corrected chi connectivity index (χ1v) is 11.4. The van der Waals surface area contributed by atoms with Crippen molar-refractivity contribution < 1.29 is 22.0 Å².